The summed E-state index contributed by atoms with van der Waals surface area (Å²) in [6, 6.07) is 13.3. The number of nitrogens with one attached hydrogen (secondary N) is 1. The number of benzene rings is 2. The highest BCUT2D eigenvalue weighted by Gasteiger charge is 2.23. The Morgan fingerprint density at radius 3 is 2.69 bits per heavy atom. The Hall–Kier alpha value is -3.40. The summed E-state index contributed by atoms with van der Waals surface area (Å²) < 4.78 is 6.30. The molecule has 0 saturated heterocycles. The molecule has 2 heterocycles. The molecular weight excluding hydrogens is 454 g/mol. The maximum atomic E-state index is 13.2. The fraction of sp³-hybridized carbons (Fsp3) is 0.136. The van der Waals surface area contributed by atoms with Crippen LogP contribution in [0, 0.1) is 0 Å². The van der Waals surface area contributed by atoms with Crippen LogP contribution in [-0.2, 0) is 6.61 Å². The number of para-hydroxylation sites is 2. The Labute approximate surface area is 190 Å². The van der Waals surface area contributed by atoms with Gasteiger partial charge in [-0.25, -0.2) is 9.36 Å². The minimum atomic E-state index is -0.700. The van der Waals surface area contributed by atoms with Crippen LogP contribution in [-0.4, -0.2) is 34.7 Å². The van der Waals surface area contributed by atoms with Crippen LogP contribution in [0.25, 0.3) is 16.6 Å². The number of methoxy groups -OCH3 is 1. The Kier molecular flexibility index (Phi) is 5.88. The molecule has 0 aliphatic carbocycles. The summed E-state index contributed by atoms with van der Waals surface area (Å²) in [6.45, 7) is -0.372. The van der Waals surface area contributed by atoms with Crippen molar-refractivity contribution in [2.45, 2.75) is 6.61 Å². The first kappa shape index (κ1) is 21.8. The van der Waals surface area contributed by atoms with Crippen molar-refractivity contribution < 1.29 is 14.6 Å². The van der Waals surface area contributed by atoms with Gasteiger partial charge < -0.3 is 19.7 Å². The molecule has 2 N–H and O–H groups in total. The van der Waals surface area contributed by atoms with E-state index in [1.165, 1.54) is 18.1 Å². The van der Waals surface area contributed by atoms with Crippen molar-refractivity contribution in [3.05, 3.63) is 84.1 Å². The lowest BCUT2D eigenvalue weighted by atomic mass is 10.1. The van der Waals surface area contributed by atoms with Crippen LogP contribution in [0.2, 0.25) is 4.34 Å². The van der Waals surface area contributed by atoms with Gasteiger partial charge in [0.25, 0.3) is 11.5 Å². The van der Waals surface area contributed by atoms with Crippen LogP contribution in [0.4, 0.5) is 5.69 Å². The molecule has 4 aromatic rings. The van der Waals surface area contributed by atoms with E-state index in [-0.39, 0.29) is 32.8 Å². The largest absolute Gasteiger partial charge is 0.495 e. The summed E-state index contributed by atoms with van der Waals surface area (Å²) in [6.07, 6.45) is 0. The molecule has 32 heavy (non-hydrogen) atoms. The lowest BCUT2D eigenvalue weighted by molar-refractivity contribution is 0.0996. The average Bonchev–Trinajstić information content (AvgIpc) is 3.18. The van der Waals surface area contributed by atoms with E-state index in [1.807, 2.05) is 0 Å². The van der Waals surface area contributed by atoms with E-state index in [9.17, 15) is 19.5 Å². The predicted molar refractivity (Wildman–Crippen MR) is 125 cm³/mol. The van der Waals surface area contributed by atoms with Gasteiger partial charge in [-0.05, 0) is 29.8 Å². The molecular formula is C22H18ClN3O5S. The van der Waals surface area contributed by atoms with E-state index in [2.05, 4.69) is 4.98 Å². The summed E-state index contributed by atoms with van der Waals surface area (Å²) in [5.41, 5.74) is -0.00862. The number of anilines is 1. The first-order valence-corrected chi connectivity index (χ1v) is 10.7. The van der Waals surface area contributed by atoms with Crippen molar-refractivity contribution in [2.75, 3.05) is 19.1 Å². The number of hydrogen-bond donors (Lipinski definition) is 2. The van der Waals surface area contributed by atoms with E-state index in [0.717, 1.165) is 15.9 Å². The number of thiophene rings is 1. The number of rotatable bonds is 5. The number of aromatic nitrogens is 2. The number of halogens is 1. The van der Waals surface area contributed by atoms with Crippen LogP contribution in [0.3, 0.4) is 0 Å². The van der Waals surface area contributed by atoms with Gasteiger partial charge in [0.1, 0.15) is 10.1 Å². The third-order valence-electron chi connectivity index (χ3n) is 5.05. The van der Waals surface area contributed by atoms with Gasteiger partial charge in [-0.2, -0.15) is 0 Å². The van der Waals surface area contributed by atoms with Crippen LogP contribution in [0.1, 0.15) is 15.2 Å². The van der Waals surface area contributed by atoms with Gasteiger partial charge in [0.05, 0.1) is 40.9 Å². The highest BCUT2D eigenvalue weighted by molar-refractivity contribution is 7.18. The van der Waals surface area contributed by atoms with Crippen LogP contribution in [0.15, 0.2) is 58.1 Å². The summed E-state index contributed by atoms with van der Waals surface area (Å²) in [5, 5.41) is 9.79. The van der Waals surface area contributed by atoms with Crippen molar-refractivity contribution in [3.8, 4) is 11.4 Å². The molecule has 0 aliphatic rings. The number of amides is 1. The predicted octanol–water partition coefficient (Wildman–Crippen LogP) is 3.17. The second kappa shape index (κ2) is 8.62. The third-order valence-corrected chi connectivity index (χ3v) is 6.38. The molecule has 0 fully saturated rings. The van der Waals surface area contributed by atoms with Crippen molar-refractivity contribution in [2.24, 2.45) is 0 Å². The first-order valence-electron chi connectivity index (χ1n) is 9.46. The molecule has 0 unspecified atom stereocenters. The number of fused-ring (bicyclic) bond motifs is 1. The molecule has 2 aromatic carbocycles. The smallest absolute Gasteiger partial charge is 0.333 e. The van der Waals surface area contributed by atoms with Crippen LogP contribution < -0.4 is 20.9 Å². The quantitative estimate of drug-likeness (QED) is 0.465. The molecule has 1 amide bonds. The fourth-order valence-corrected chi connectivity index (χ4v) is 4.71. The highest BCUT2D eigenvalue weighted by atomic mass is 35.5. The van der Waals surface area contributed by atoms with Gasteiger partial charge in [0.2, 0.25) is 0 Å². The second-order valence-electron chi connectivity index (χ2n) is 6.87. The second-order valence-corrected chi connectivity index (χ2v) is 8.53. The van der Waals surface area contributed by atoms with Gasteiger partial charge in [-0.3, -0.25) is 9.59 Å². The molecule has 0 bridgehead atoms. The lowest BCUT2D eigenvalue weighted by Gasteiger charge is -2.19. The molecule has 0 aliphatic heterocycles. The molecule has 0 atom stereocenters. The Morgan fingerprint density at radius 1 is 1.22 bits per heavy atom. The minimum absolute atomic E-state index is 0.0920. The number of carbonyl (C=O) groups is 1. The van der Waals surface area contributed by atoms with Gasteiger partial charge in [-0.1, -0.05) is 35.9 Å². The van der Waals surface area contributed by atoms with Gasteiger partial charge in [0, 0.05) is 7.05 Å². The minimum Gasteiger partial charge on any atom is -0.495 e. The molecule has 0 saturated carbocycles. The molecule has 4 rings (SSSR count). The number of aliphatic hydroxyl groups excluding tert-OH is 1. The van der Waals surface area contributed by atoms with Gasteiger partial charge in [0.15, 0.2) is 0 Å². The van der Waals surface area contributed by atoms with E-state index in [4.69, 9.17) is 16.3 Å². The van der Waals surface area contributed by atoms with Crippen molar-refractivity contribution in [1.29, 1.82) is 0 Å². The van der Waals surface area contributed by atoms with E-state index >= 15 is 0 Å². The number of hydrogen-bond acceptors (Lipinski definition) is 6. The summed E-state index contributed by atoms with van der Waals surface area (Å²) >= 11 is 7.32. The molecule has 2 aromatic heterocycles. The topological polar surface area (TPSA) is 105 Å². The van der Waals surface area contributed by atoms with E-state index < -0.39 is 11.2 Å². The van der Waals surface area contributed by atoms with Crippen LogP contribution >= 0.6 is 22.9 Å². The number of carbonyl (C=O) groups excluding carboxylic acids is 1. The summed E-state index contributed by atoms with van der Waals surface area (Å²) in [4.78, 5) is 43.3. The van der Waals surface area contributed by atoms with Crippen molar-refractivity contribution in [3.63, 3.8) is 0 Å². The number of nitrogens with zero attached hydrogens (tertiary/aromatic N) is 2. The van der Waals surface area contributed by atoms with Crippen molar-refractivity contribution in [1.82, 2.24) is 9.55 Å². The standard InChI is InChI=1S/C22H18ClN3O5S/c1-25(14-8-3-4-9-16(14)31-2)20(28)17-10-15(19(23)32-17)26-21(29)18-12(11-27)6-5-7-13(18)24-22(26)30/h3-10,27H,11H2,1-2H3,(H,24,30). The number of aliphatic hydroxyl groups is 1. The number of ether oxygens (including phenoxy) is 1. The van der Waals surface area contributed by atoms with Crippen molar-refractivity contribution >= 4 is 45.4 Å². The third kappa shape index (κ3) is 3.60. The maximum absolute atomic E-state index is 13.2. The Morgan fingerprint density at radius 2 is 1.97 bits per heavy atom. The van der Waals surface area contributed by atoms with Gasteiger partial charge in [-0.15, -0.1) is 11.3 Å². The Bertz CT molecular complexity index is 1460. The summed E-state index contributed by atoms with van der Waals surface area (Å²) in [7, 11) is 3.10. The van der Waals surface area contributed by atoms with E-state index in [0.29, 0.717) is 22.5 Å². The lowest BCUT2D eigenvalue weighted by Crippen LogP contribution is -2.34. The molecule has 0 radical (unpaired) electrons. The zero-order valence-electron chi connectivity index (χ0n) is 17.1. The first-order chi connectivity index (χ1) is 15.4. The normalized spacial score (nSPS) is 11.0. The average molecular weight is 472 g/mol. The number of H-pyrrole nitrogens is 1. The molecule has 8 nitrogen and oxygen atoms in total. The zero-order chi connectivity index (χ0) is 23.0. The maximum Gasteiger partial charge on any atom is 0.333 e. The highest BCUT2D eigenvalue weighted by Crippen LogP contribution is 2.33. The SMILES string of the molecule is COc1ccccc1N(C)C(=O)c1cc(-n2c(=O)[nH]c3cccc(CO)c3c2=O)c(Cl)s1. The monoisotopic (exact) mass is 471 g/mol. The van der Waals surface area contributed by atoms with Crippen LogP contribution in [0.5, 0.6) is 5.75 Å². The summed E-state index contributed by atoms with van der Waals surface area (Å²) in [5.74, 6) is 0.138. The molecule has 164 valence electrons. The zero-order valence-corrected chi connectivity index (χ0v) is 18.7. The molecule has 10 heteroatoms. The number of aromatic amines is 1. The Balaban J connectivity index is 1.83. The fourth-order valence-electron chi connectivity index (χ4n) is 3.48. The van der Waals surface area contributed by atoms with Gasteiger partial charge >= 0.3 is 5.69 Å². The molecule has 0 spiro atoms. The van der Waals surface area contributed by atoms with E-state index in [1.54, 1.807) is 49.5 Å².